The first kappa shape index (κ1) is 10.3. The van der Waals surface area contributed by atoms with Crippen LogP contribution in [0.1, 0.15) is 18.9 Å². The summed E-state index contributed by atoms with van der Waals surface area (Å²) in [6.07, 6.45) is -0.735. The number of aliphatic hydroxyl groups is 1. The molecular formula is C10H9BrN2O2. The molecule has 0 amide bonds. The summed E-state index contributed by atoms with van der Waals surface area (Å²) in [7, 11) is 0. The number of hydrogen-bond acceptors (Lipinski definition) is 4. The lowest BCUT2D eigenvalue weighted by Crippen LogP contribution is -1.90. The summed E-state index contributed by atoms with van der Waals surface area (Å²) in [4.78, 5) is 4.07. The van der Waals surface area contributed by atoms with Crippen molar-refractivity contribution in [3.63, 3.8) is 0 Å². The van der Waals surface area contributed by atoms with E-state index in [2.05, 4.69) is 26.1 Å². The average Bonchev–Trinajstić information content (AvgIpc) is 2.68. The summed E-state index contributed by atoms with van der Waals surface area (Å²) in [5, 5.41) is 13.0. The van der Waals surface area contributed by atoms with Crippen LogP contribution in [0, 0.1) is 0 Å². The number of nitrogens with zero attached hydrogens (tertiary/aromatic N) is 2. The lowest BCUT2D eigenvalue weighted by atomic mass is 10.2. The summed E-state index contributed by atoms with van der Waals surface area (Å²) in [6.45, 7) is 1.58. The standard InChI is InChI=1S/C10H9BrN2O2/c1-6(14)10-12-9(13-15-10)7-2-4-8(11)5-3-7/h2-6,14H,1H3. The molecule has 2 aromatic rings. The van der Waals surface area contributed by atoms with Crippen LogP contribution in [0.5, 0.6) is 0 Å². The Morgan fingerprint density at radius 1 is 1.33 bits per heavy atom. The van der Waals surface area contributed by atoms with Gasteiger partial charge in [-0.15, -0.1) is 0 Å². The average molecular weight is 269 g/mol. The Morgan fingerprint density at radius 3 is 2.53 bits per heavy atom. The maximum atomic E-state index is 9.22. The second-order valence-electron chi connectivity index (χ2n) is 3.14. The first-order valence-corrected chi connectivity index (χ1v) is 5.24. The van der Waals surface area contributed by atoms with Gasteiger partial charge in [0.25, 0.3) is 5.89 Å². The Hall–Kier alpha value is -1.20. The van der Waals surface area contributed by atoms with E-state index in [4.69, 9.17) is 4.52 Å². The quantitative estimate of drug-likeness (QED) is 0.910. The van der Waals surface area contributed by atoms with Crippen molar-refractivity contribution in [2.45, 2.75) is 13.0 Å². The zero-order valence-electron chi connectivity index (χ0n) is 8.01. The number of hydrogen-bond donors (Lipinski definition) is 1. The van der Waals surface area contributed by atoms with E-state index < -0.39 is 6.10 Å². The maximum Gasteiger partial charge on any atom is 0.255 e. The summed E-state index contributed by atoms with van der Waals surface area (Å²) in [5.74, 6) is 0.714. The number of benzene rings is 1. The van der Waals surface area contributed by atoms with E-state index in [1.807, 2.05) is 24.3 Å². The largest absolute Gasteiger partial charge is 0.384 e. The molecule has 1 N–H and O–H groups in total. The van der Waals surface area contributed by atoms with Gasteiger partial charge < -0.3 is 9.63 Å². The molecule has 0 spiro atoms. The molecule has 1 aromatic heterocycles. The van der Waals surface area contributed by atoms with Crippen molar-refractivity contribution in [3.05, 3.63) is 34.6 Å². The van der Waals surface area contributed by atoms with Gasteiger partial charge in [-0.25, -0.2) is 0 Å². The second kappa shape index (κ2) is 4.12. The molecule has 1 aromatic carbocycles. The summed E-state index contributed by atoms with van der Waals surface area (Å²) >= 11 is 3.34. The van der Waals surface area contributed by atoms with Crippen molar-refractivity contribution in [1.82, 2.24) is 10.1 Å². The van der Waals surface area contributed by atoms with E-state index in [0.29, 0.717) is 5.82 Å². The van der Waals surface area contributed by atoms with Gasteiger partial charge in [0.05, 0.1) is 0 Å². The lowest BCUT2D eigenvalue weighted by Gasteiger charge is -1.94. The Kier molecular flexibility index (Phi) is 2.83. The topological polar surface area (TPSA) is 59.2 Å². The maximum absolute atomic E-state index is 9.22. The van der Waals surface area contributed by atoms with Crippen LogP contribution in [0.15, 0.2) is 33.3 Å². The van der Waals surface area contributed by atoms with Gasteiger partial charge >= 0.3 is 0 Å². The smallest absolute Gasteiger partial charge is 0.255 e. The Bertz CT molecular complexity index is 451. The Morgan fingerprint density at radius 2 is 2.00 bits per heavy atom. The summed E-state index contributed by atoms with van der Waals surface area (Å²) in [6, 6.07) is 7.54. The SMILES string of the molecule is CC(O)c1nc(-c2ccc(Br)cc2)no1. The van der Waals surface area contributed by atoms with E-state index in [1.165, 1.54) is 0 Å². The number of aromatic nitrogens is 2. The minimum Gasteiger partial charge on any atom is -0.384 e. The van der Waals surface area contributed by atoms with Gasteiger partial charge in [0.2, 0.25) is 5.82 Å². The number of halogens is 1. The van der Waals surface area contributed by atoms with E-state index in [0.717, 1.165) is 10.0 Å². The highest BCUT2D eigenvalue weighted by molar-refractivity contribution is 9.10. The van der Waals surface area contributed by atoms with Crippen molar-refractivity contribution >= 4 is 15.9 Å². The van der Waals surface area contributed by atoms with Crippen molar-refractivity contribution in [2.75, 3.05) is 0 Å². The van der Waals surface area contributed by atoms with Crippen LogP contribution in [0.25, 0.3) is 11.4 Å². The molecule has 0 aliphatic carbocycles. The van der Waals surface area contributed by atoms with Gasteiger partial charge in [-0.3, -0.25) is 0 Å². The second-order valence-corrected chi connectivity index (χ2v) is 4.05. The van der Waals surface area contributed by atoms with Crippen molar-refractivity contribution in [2.24, 2.45) is 0 Å². The van der Waals surface area contributed by atoms with E-state index >= 15 is 0 Å². The molecule has 4 nitrogen and oxygen atoms in total. The van der Waals surface area contributed by atoms with Crippen molar-refractivity contribution in [1.29, 1.82) is 0 Å². The van der Waals surface area contributed by atoms with Crippen LogP contribution in [0.3, 0.4) is 0 Å². The molecule has 0 aliphatic heterocycles. The first-order valence-electron chi connectivity index (χ1n) is 4.44. The number of aliphatic hydroxyl groups excluding tert-OH is 1. The summed E-state index contributed by atoms with van der Waals surface area (Å²) in [5.41, 5.74) is 0.855. The third kappa shape index (κ3) is 2.24. The monoisotopic (exact) mass is 268 g/mol. The van der Waals surface area contributed by atoms with Crippen molar-refractivity contribution < 1.29 is 9.63 Å². The normalized spacial score (nSPS) is 12.7. The van der Waals surface area contributed by atoms with Gasteiger partial charge in [-0.1, -0.05) is 21.1 Å². The minimum absolute atomic E-state index is 0.230. The first-order chi connectivity index (χ1) is 7.16. The van der Waals surface area contributed by atoms with E-state index in [-0.39, 0.29) is 5.89 Å². The van der Waals surface area contributed by atoms with E-state index in [9.17, 15) is 5.11 Å². The third-order valence-corrected chi connectivity index (χ3v) is 2.43. The van der Waals surface area contributed by atoms with Crippen LogP contribution in [-0.2, 0) is 0 Å². The molecule has 78 valence electrons. The van der Waals surface area contributed by atoms with Gasteiger partial charge in [-0.05, 0) is 31.2 Å². The minimum atomic E-state index is -0.735. The van der Waals surface area contributed by atoms with Crippen molar-refractivity contribution in [3.8, 4) is 11.4 Å². The zero-order chi connectivity index (χ0) is 10.8. The summed E-state index contributed by atoms with van der Waals surface area (Å²) < 4.78 is 5.88. The molecule has 1 atom stereocenters. The lowest BCUT2D eigenvalue weighted by molar-refractivity contribution is 0.152. The fraction of sp³-hybridized carbons (Fsp3) is 0.200. The predicted molar refractivity (Wildman–Crippen MR) is 58.1 cm³/mol. The Balaban J connectivity index is 2.33. The van der Waals surface area contributed by atoms with Gasteiger partial charge in [-0.2, -0.15) is 4.98 Å². The fourth-order valence-electron chi connectivity index (χ4n) is 1.12. The number of rotatable bonds is 2. The molecular weight excluding hydrogens is 260 g/mol. The van der Waals surface area contributed by atoms with Gasteiger partial charge in [0.15, 0.2) is 0 Å². The third-order valence-electron chi connectivity index (χ3n) is 1.90. The molecule has 0 fully saturated rings. The molecule has 0 aliphatic rings. The Labute approximate surface area is 95.1 Å². The van der Waals surface area contributed by atoms with Crippen LogP contribution in [0.2, 0.25) is 0 Å². The molecule has 1 heterocycles. The molecule has 0 bridgehead atoms. The van der Waals surface area contributed by atoms with Crippen LogP contribution >= 0.6 is 15.9 Å². The molecule has 15 heavy (non-hydrogen) atoms. The van der Waals surface area contributed by atoms with Gasteiger partial charge in [0.1, 0.15) is 6.10 Å². The highest BCUT2D eigenvalue weighted by Gasteiger charge is 2.12. The zero-order valence-corrected chi connectivity index (χ0v) is 9.60. The van der Waals surface area contributed by atoms with Crippen LogP contribution in [-0.4, -0.2) is 15.2 Å². The van der Waals surface area contributed by atoms with Crippen LogP contribution < -0.4 is 0 Å². The van der Waals surface area contributed by atoms with E-state index in [1.54, 1.807) is 6.92 Å². The molecule has 0 saturated heterocycles. The van der Waals surface area contributed by atoms with Gasteiger partial charge in [0, 0.05) is 10.0 Å². The highest BCUT2D eigenvalue weighted by atomic mass is 79.9. The molecule has 5 heteroatoms. The predicted octanol–water partition coefficient (Wildman–Crippen LogP) is 2.55. The molecule has 0 radical (unpaired) electrons. The van der Waals surface area contributed by atoms with Crippen LogP contribution in [0.4, 0.5) is 0 Å². The molecule has 0 saturated carbocycles. The highest BCUT2D eigenvalue weighted by Crippen LogP contribution is 2.20. The fourth-order valence-corrected chi connectivity index (χ4v) is 1.39. The molecule has 1 unspecified atom stereocenters. The molecule has 2 rings (SSSR count).